The molecule has 0 aliphatic carbocycles. The Hall–Kier alpha value is -1.15. The van der Waals surface area contributed by atoms with Gasteiger partial charge in [-0.3, -0.25) is 0 Å². The van der Waals surface area contributed by atoms with Gasteiger partial charge in [0.1, 0.15) is 12.3 Å². The van der Waals surface area contributed by atoms with Gasteiger partial charge >= 0.3 is 6.18 Å². The molecule has 0 fully saturated rings. The monoisotopic (exact) mass is 225 g/mol. The number of aromatic nitrogens is 3. The first-order valence-electron chi connectivity index (χ1n) is 4.15. The quantitative estimate of drug-likeness (QED) is 0.734. The topological polar surface area (TPSA) is 60.2 Å². The van der Waals surface area contributed by atoms with Gasteiger partial charge in [-0.2, -0.15) is 13.2 Å². The lowest BCUT2D eigenvalue weighted by atomic mass is 10.5. The molecule has 1 heterocycles. The van der Waals surface area contributed by atoms with Gasteiger partial charge in [-0.25, -0.2) is 4.68 Å². The number of halogens is 3. The summed E-state index contributed by atoms with van der Waals surface area (Å²) < 4.78 is 40.6. The second-order valence-corrected chi connectivity index (χ2v) is 2.80. The normalized spacial score (nSPS) is 12.0. The van der Waals surface area contributed by atoms with E-state index < -0.39 is 12.8 Å². The molecule has 0 saturated carbocycles. The minimum Gasteiger partial charge on any atom is -0.390 e. The number of hydrogen-bond donors (Lipinski definition) is 1. The van der Waals surface area contributed by atoms with E-state index in [1.54, 1.807) is 0 Å². The van der Waals surface area contributed by atoms with Crippen LogP contribution >= 0.6 is 0 Å². The van der Waals surface area contributed by atoms with Gasteiger partial charge in [-0.05, 0) is 0 Å². The van der Waals surface area contributed by atoms with Crippen LogP contribution in [0.4, 0.5) is 13.2 Å². The molecular formula is C7H10F3N3O2. The molecule has 0 aliphatic heterocycles. The molecule has 0 radical (unpaired) electrons. The second kappa shape index (κ2) is 5.08. The standard InChI is InChI=1S/C7H10F3N3O2/c8-7(9,10)5-15-2-1-13-3-6(4-14)11-12-13/h3,14H,1-2,4-5H2. The number of ether oxygens (including phenoxy) is 1. The van der Waals surface area contributed by atoms with Gasteiger partial charge < -0.3 is 9.84 Å². The Morgan fingerprint density at radius 1 is 1.47 bits per heavy atom. The average molecular weight is 225 g/mol. The fraction of sp³-hybridized carbons (Fsp3) is 0.714. The highest BCUT2D eigenvalue weighted by Crippen LogP contribution is 2.14. The van der Waals surface area contributed by atoms with Crippen LogP contribution in [0.5, 0.6) is 0 Å². The maximum atomic E-state index is 11.6. The van der Waals surface area contributed by atoms with E-state index in [0.717, 1.165) is 0 Å². The molecular weight excluding hydrogens is 215 g/mol. The summed E-state index contributed by atoms with van der Waals surface area (Å²) in [6, 6.07) is 0. The van der Waals surface area contributed by atoms with Crippen LogP contribution in [-0.2, 0) is 17.9 Å². The summed E-state index contributed by atoms with van der Waals surface area (Å²) in [4.78, 5) is 0. The summed E-state index contributed by atoms with van der Waals surface area (Å²) >= 11 is 0. The van der Waals surface area contributed by atoms with Crippen LogP contribution in [0.2, 0.25) is 0 Å². The molecule has 86 valence electrons. The lowest BCUT2D eigenvalue weighted by molar-refractivity contribution is -0.174. The Labute approximate surface area is 83.5 Å². The molecule has 0 unspecified atom stereocenters. The minimum atomic E-state index is -4.31. The zero-order valence-corrected chi connectivity index (χ0v) is 7.74. The lowest BCUT2D eigenvalue weighted by Crippen LogP contribution is -2.19. The van der Waals surface area contributed by atoms with Gasteiger partial charge in [-0.15, -0.1) is 5.10 Å². The van der Waals surface area contributed by atoms with Crippen molar-refractivity contribution in [2.45, 2.75) is 19.3 Å². The van der Waals surface area contributed by atoms with Crippen LogP contribution in [0, 0.1) is 0 Å². The highest BCUT2D eigenvalue weighted by molar-refractivity contribution is 4.88. The summed E-state index contributed by atoms with van der Waals surface area (Å²) in [6.45, 7) is -1.45. The number of nitrogens with zero attached hydrogens (tertiary/aromatic N) is 3. The molecule has 1 N–H and O–H groups in total. The first-order valence-corrected chi connectivity index (χ1v) is 4.15. The fourth-order valence-electron chi connectivity index (χ4n) is 0.866. The van der Waals surface area contributed by atoms with Crippen molar-refractivity contribution in [1.82, 2.24) is 15.0 Å². The van der Waals surface area contributed by atoms with E-state index in [1.807, 2.05) is 0 Å². The van der Waals surface area contributed by atoms with Gasteiger partial charge in [0.25, 0.3) is 0 Å². The van der Waals surface area contributed by atoms with E-state index in [4.69, 9.17) is 5.11 Å². The molecule has 0 bridgehead atoms. The molecule has 0 amide bonds. The first-order chi connectivity index (χ1) is 7.01. The van der Waals surface area contributed by atoms with Crippen LogP contribution < -0.4 is 0 Å². The number of aliphatic hydroxyl groups excluding tert-OH is 1. The molecule has 1 rings (SSSR count). The number of rotatable bonds is 5. The summed E-state index contributed by atoms with van der Waals surface area (Å²) in [5, 5.41) is 15.7. The number of alkyl halides is 3. The van der Waals surface area contributed by atoms with Crippen molar-refractivity contribution < 1.29 is 23.0 Å². The number of aliphatic hydroxyl groups is 1. The van der Waals surface area contributed by atoms with E-state index in [-0.39, 0.29) is 19.8 Å². The van der Waals surface area contributed by atoms with Gasteiger partial charge in [0, 0.05) is 0 Å². The van der Waals surface area contributed by atoms with Crippen molar-refractivity contribution in [3.63, 3.8) is 0 Å². The van der Waals surface area contributed by atoms with Crippen molar-refractivity contribution in [1.29, 1.82) is 0 Å². The average Bonchev–Trinajstić information content (AvgIpc) is 2.59. The van der Waals surface area contributed by atoms with Crippen molar-refractivity contribution >= 4 is 0 Å². The van der Waals surface area contributed by atoms with Crippen LogP contribution in [0.1, 0.15) is 5.69 Å². The third-order valence-corrected chi connectivity index (χ3v) is 1.48. The van der Waals surface area contributed by atoms with E-state index in [9.17, 15) is 13.2 Å². The number of hydrogen-bond acceptors (Lipinski definition) is 4. The highest BCUT2D eigenvalue weighted by atomic mass is 19.4. The Balaban J connectivity index is 2.20. The maximum absolute atomic E-state index is 11.6. The summed E-state index contributed by atoms with van der Waals surface area (Å²) in [6.07, 6.45) is -2.87. The zero-order valence-electron chi connectivity index (χ0n) is 7.74. The summed E-state index contributed by atoms with van der Waals surface area (Å²) in [7, 11) is 0. The van der Waals surface area contributed by atoms with Gasteiger partial charge in [0.05, 0.1) is 26.0 Å². The molecule has 0 aromatic carbocycles. The Morgan fingerprint density at radius 3 is 2.73 bits per heavy atom. The van der Waals surface area contributed by atoms with Crippen LogP contribution in [0.3, 0.4) is 0 Å². The third-order valence-electron chi connectivity index (χ3n) is 1.48. The van der Waals surface area contributed by atoms with Crippen LogP contribution in [0.25, 0.3) is 0 Å². The van der Waals surface area contributed by atoms with E-state index in [1.165, 1.54) is 10.9 Å². The van der Waals surface area contributed by atoms with E-state index >= 15 is 0 Å². The Kier molecular flexibility index (Phi) is 4.04. The smallest absolute Gasteiger partial charge is 0.390 e. The van der Waals surface area contributed by atoms with E-state index in [0.29, 0.717) is 5.69 Å². The van der Waals surface area contributed by atoms with Gasteiger partial charge in [0.2, 0.25) is 0 Å². The lowest BCUT2D eigenvalue weighted by Gasteiger charge is -2.06. The van der Waals surface area contributed by atoms with Gasteiger partial charge in [0.15, 0.2) is 0 Å². The Morgan fingerprint density at radius 2 is 2.20 bits per heavy atom. The molecule has 15 heavy (non-hydrogen) atoms. The second-order valence-electron chi connectivity index (χ2n) is 2.80. The fourth-order valence-corrected chi connectivity index (χ4v) is 0.866. The molecule has 1 aromatic heterocycles. The molecule has 8 heteroatoms. The predicted molar refractivity (Wildman–Crippen MR) is 42.8 cm³/mol. The van der Waals surface area contributed by atoms with E-state index in [2.05, 4.69) is 15.0 Å². The van der Waals surface area contributed by atoms with Gasteiger partial charge in [-0.1, -0.05) is 5.21 Å². The minimum absolute atomic E-state index is 0.103. The first kappa shape index (κ1) is 11.9. The van der Waals surface area contributed by atoms with Crippen molar-refractivity contribution in [3.8, 4) is 0 Å². The van der Waals surface area contributed by atoms with Crippen LogP contribution in [-0.4, -0.2) is 39.5 Å². The van der Waals surface area contributed by atoms with Crippen molar-refractivity contribution in [3.05, 3.63) is 11.9 Å². The Bertz CT molecular complexity index is 300. The largest absolute Gasteiger partial charge is 0.411 e. The molecule has 0 aliphatic rings. The molecule has 0 atom stereocenters. The SMILES string of the molecule is OCc1cn(CCOCC(F)(F)F)nn1. The summed E-state index contributed by atoms with van der Waals surface area (Å²) in [5.74, 6) is 0. The van der Waals surface area contributed by atoms with Crippen molar-refractivity contribution in [2.75, 3.05) is 13.2 Å². The highest BCUT2D eigenvalue weighted by Gasteiger charge is 2.27. The maximum Gasteiger partial charge on any atom is 0.411 e. The molecule has 0 spiro atoms. The predicted octanol–water partition coefficient (Wildman–Crippen LogP) is 0.349. The molecule has 1 aromatic rings. The zero-order chi connectivity index (χ0) is 11.3. The molecule has 0 saturated heterocycles. The summed E-state index contributed by atoms with van der Waals surface area (Å²) in [5.41, 5.74) is 0.367. The third kappa shape index (κ3) is 4.75. The van der Waals surface area contributed by atoms with Crippen LogP contribution in [0.15, 0.2) is 6.20 Å². The van der Waals surface area contributed by atoms with Crippen molar-refractivity contribution in [2.24, 2.45) is 0 Å². The molecule has 5 nitrogen and oxygen atoms in total.